The predicted molar refractivity (Wildman–Crippen MR) is 111 cm³/mol. The molecule has 7 heteroatoms. The topological polar surface area (TPSA) is 78.8 Å². The molecule has 7 nitrogen and oxygen atoms in total. The summed E-state index contributed by atoms with van der Waals surface area (Å²) in [5, 5.41) is 0. The number of ether oxygens (including phenoxy) is 3. The molecule has 1 aromatic heterocycles. The first-order valence-electron chi connectivity index (χ1n) is 9.72. The zero-order chi connectivity index (χ0) is 21.1. The second-order valence-electron chi connectivity index (χ2n) is 6.79. The van der Waals surface area contributed by atoms with Crippen LogP contribution in [0.25, 0.3) is 11.3 Å². The highest BCUT2D eigenvalue weighted by atomic mass is 16.6. The first-order chi connectivity index (χ1) is 14.6. The largest absolute Gasteiger partial charge is 0.485 e. The Morgan fingerprint density at radius 1 is 1.10 bits per heavy atom. The smallest absolute Gasteiger partial charge is 0.340 e. The molecule has 0 saturated heterocycles. The van der Waals surface area contributed by atoms with Crippen LogP contribution >= 0.6 is 0 Å². The Balaban J connectivity index is 1.64. The van der Waals surface area contributed by atoms with Gasteiger partial charge in [0.2, 0.25) is 6.10 Å². The predicted octanol–water partition coefficient (Wildman–Crippen LogP) is 3.55. The molecule has 3 aromatic rings. The minimum Gasteiger partial charge on any atom is -0.485 e. The van der Waals surface area contributed by atoms with Crippen molar-refractivity contribution in [1.29, 1.82) is 0 Å². The van der Waals surface area contributed by atoms with E-state index in [-0.39, 0.29) is 19.1 Å². The number of amides is 1. The first kappa shape index (κ1) is 19.6. The second-order valence-corrected chi connectivity index (χ2v) is 6.79. The summed E-state index contributed by atoms with van der Waals surface area (Å²) in [7, 11) is 0. The third-order valence-electron chi connectivity index (χ3n) is 4.84. The molecule has 1 aliphatic rings. The summed E-state index contributed by atoms with van der Waals surface area (Å²) in [6.07, 6.45) is -0.823. The molecule has 0 fully saturated rings. The lowest BCUT2D eigenvalue weighted by Gasteiger charge is -2.26. The summed E-state index contributed by atoms with van der Waals surface area (Å²) in [5.41, 5.74) is 5.34. The highest BCUT2D eigenvalue weighted by Crippen LogP contribution is 2.31. The molecule has 0 saturated carbocycles. The van der Waals surface area contributed by atoms with Crippen molar-refractivity contribution in [3.05, 3.63) is 71.9 Å². The summed E-state index contributed by atoms with van der Waals surface area (Å²) in [6, 6.07) is 18.4. The van der Waals surface area contributed by atoms with Crippen molar-refractivity contribution in [2.24, 2.45) is 0 Å². The van der Waals surface area contributed by atoms with Crippen LogP contribution in [-0.2, 0) is 9.53 Å². The normalized spacial score (nSPS) is 14.8. The van der Waals surface area contributed by atoms with E-state index in [1.165, 1.54) is 0 Å². The van der Waals surface area contributed by atoms with Crippen LogP contribution < -0.4 is 14.9 Å². The zero-order valence-corrected chi connectivity index (χ0v) is 16.8. The van der Waals surface area contributed by atoms with Gasteiger partial charge in [0.25, 0.3) is 5.91 Å². The molecular formula is C23H22N2O5. The van der Waals surface area contributed by atoms with Crippen molar-refractivity contribution in [2.75, 3.05) is 18.6 Å². The van der Waals surface area contributed by atoms with Crippen LogP contribution in [0.3, 0.4) is 0 Å². The Hall–Kier alpha value is -3.74. The fourth-order valence-corrected chi connectivity index (χ4v) is 3.32. The minimum absolute atomic E-state index is 0.0918. The van der Waals surface area contributed by atoms with Crippen LogP contribution in [-0.4, -0.2) is 35.9 Å². The molecule has 1 N–H and O–H groups in total. The molecule has 0 spiro atoms. The molecule has 0 radical (unpaired) electrons. The number of para-hydroxylation sites is 2. The molecule has 2 aromatic carbocycles. The lowest BCUT2D eigenvalue weighted by molar-refractivity contribution is -0.126. The van der Waals surface area contributed by atoms with Crippen molar-refractivity contribution in [3.63, 3.8) is 0 Å². The van der Waals surface area contributed by atoms with Crippen LogP contribution in [0.15, 0.2) is 60.7 Å². The Bertz CT molecular complexity index is 1070. The van der Waals surface area contributed by atoms with Crippen molar-refractivity contribution >= 4 is 11.9 Å². The second kappa shape index (κ2) is 8.32. The van der Waals surface area contributed by atoms with Crippen LogP contribution in [0.2, 0.25) is 0 Å². The summed E-state index contributed by atoms with van der Waals surface area (Å²) >= 11 is 0. The molecule has 0 bridgehead atoms. The average Bonchev–Trinajstić information content (AvgIpc) is 3.10. The van der Waals surface area contributed by atoms with Crippen LogP contribution in [0.4, 0.5) is 0 Å². The Kier molecular flexibility index (Phi) is 5.43. The summed E-state index contributed by atoms with van der Waals surface area (Å²) in [5.74, 6) is 0.305. The van der Waals surface area contributed by atoms with E-state index in [1.54, 1.807) is 36.7 Å². The number of fused-ring (bicyclic) bond motifs is 1. The molecule has 1 unspecified atom stereocenters. The number of rotatable bonds is 5. The third-order valence-corrected chi connectivity index (χ3v) is 4.84. The molecule has 30 heavy (non-hydrogen) atoms. The van der Waals surface area contributed by atoms with Gasteiger partial charge in [-0.3, -0.25) is 14.9 Å². The highest BCUT2D eigenvalue weighted by Gasteiger charge is 2.29. The molecule has 1 atom stereocenters. The zero-order valence-electron chi connectivity index (χ0n) is 16.8. The van der Waals surface area contributed by atoms with Gasteiger partial charge in [-0.1, -0.05) is 42.5 Å². The van der Waals surface area contributed by atoms with Gasteiger partial charge >= 0.3 is 5.97 Å². The fraction of sp³-hybridized carbons (Fsp3) is 0.217. The maximum Gasteiger partial charge on any atom is 0.340 e. The number of esters is 1. The number of hydrogen-bond acceptors (Lipinski definition) is 5. The molecule has 154 valence electrons. The van der Waals surface area contributed by atoms with Gasteiger partial charge in [0.15, 0.2) is 11.5 Å². The monoisotopic (exact) mass is 406 g/mol. The molecular weight excluding hydrogens is 384 g/mol. The van der Waals surface area contributed by atoms with E-state index in [2.05, 4.69) is 5.43 Å². The van der Waals surface area contributed by atoms with Gasteiger partial charge in [0.1, 0.15) is 6.61 Å². The van der Waals surface area contributed by atoms with Gasteiger partial charge in [-0.25, -0.2) is 4.79 Å². The number of hydrogen-bond donors (Lipinski definition) is 1. The maximum atomic E-state index is 13.0. The SMILES string of the molecule is CCOC(=O)c1cc(-c2ccccc2)n(NC(=O)C2COc3ccccc3O2)c1C. The molecule has 0 aliphatic carbocycles. The summed E-state index contributed by atoms with van der Waals surface area (Å²) in [4.78, 5) is 25.4. The van der Waals surface area contributed by atoms with Gasteiger partial charge < -0.3 is 14.2 Å². The van der Waals surface area contributed by atoms with E-state index in [0.717, 1.165) is 5.56 Å². The van der Waals surface area contributed by atoms with Gasteiger partial charge in [-0.2, -0.15) is 0 Å². The number of aromatic nitrogens is 1. The number of nitrogens with zero attached hydrogens (tertiary/aromatic N) is 1. The number of carbonyl (C=O) groups is 2. The number of benzene rings is 2. The van der Waals surface area contributed by atoms with Gasteiger partial charge in [0.05, 0.1) is 23.6 Å². The lowest BCUT2D eigenvalue weighted by Crippen LogP contribution is -2.43. The minimum atomic E-state index is -0.823. The van der Waals surface area contributed by atoms with Gasteiger partial charge in [0, 0.05) is 5.56 Å². The van der Waals surface area contributed by atoms with Gasteiger partial charge in [-0.15, -0.1) is 0 Å². The summed E-state index contributed by atoms with van der Waals surface area (Å²) in [6.45, 7) is 3.87. The van der Waals surface area contributed by atoms with Crippen LogP contribution in [0, 0.1) is 6.92 Å². The quantitative estimate of drug-likeness (QED) is 0.656. The van der Waals surface area contributed by atoms with E-state index in [4.69, 9.17) is 14.2 Å². The molecule has 1 aliphatic heterocycles. The van der Waals surface area contributed by atoms with Crippen molar-refractivity contribution in [2.45, 2.75) is 20.0 Å². The lowest BCUT2D eigenvalue weighted by atomic mass is 10.1. The average molecular weight is 406 g/mol. The van der Waals surface area contributed by atoms with Crippen LogP contribution in [0.5, 0.6) is 11.5 Å². The van der Waals surface area contributed by atoms with E-state index in [0.29, 0.717) is 28.5 Å². The van der Waals surface area contributed by atoms with Crippen molar-refractivity contribution in [1.82, 2.24) is 4.68 Å². The number of nitrogens with one attached hydrogen (secondary N) is 1. The highest BCUT2D eigenvalue weighted by molar-refractivity contribution is 5.94. The van der Waals surface area contributed by atoms with Crippen molar-refractivity contribution < 1.29 is 23.8 Å². The van der Waals surface area contributed by atoms with E-state index < -0.39 is 12.1 Å². The summed E-state index contributed by atoms with van der Waals surface area (Å²) < 4.78 is 18.2. The maximum absolute atomic E-state index is 13.0. The third kappa shape index (κ3) is 3.74. The van der Waals surface area contributed by atoms with Gasteiger partial charge in [-0.05, 0) is 32.0 Å². The molecule has 4 rings (SSSR count). The molecule has 2 heterocycles. The van der Waals surface area contributed by atoms with E-state index in [1.807, 2.05) is 42.5 Å². The Labute approximate surface area is 174 Å². The van der Waals surface area contributed by atoms with Crippen molar-refractivity contribution in [3.8, 4) is 22.8 Å². The fourth-order valence-electron chi connectivity index (χ4n) is 3.32. The van der Waals surface area contributed by atoms with Crippen LogP contribution in [0.1, 0.15) is 23.0 Å². The standard InChI is InChI=1S/C23H22N2O5/c1-3-28-23(27)17-13-18(16-9-5-4-6-10-16)25(15(17)2)24-22(26)21-14-29-19-11-7-8-12-20(19)30-21/h4-13,21H,3,14H2,1-2H3,(H,24,26). The Morgan fingerprint density at radius 2 is 1.80 bits per heavy atom. The molecule has 1 amide bonds. The first-order valence-corrected chi connectivity index (χ1v) is 9.72. The van der Waals surface area contributed by atoms with E-state index in [9.17, 15) is 9.59 Å². The van der Waals surface area contributed by atoms with E-state index >= 15 is 0 Å². The Morgan fingerprint density at radius 3 is 2.53 bits per heavy atom. The number of carbonyl (C=O) groups excluding carboxylic acids is 2.